The lowest BCUT2D eigenvalue weighted by Crippen LogP contribution is -2.23. The van der Waals surface area contributed by atoms with Crippen molar-refractivity contribution < 1.29 is 13.2 Å². The SMILES string of the molecule is Cc1ccccc1NS(=O)(=O)c1cc(C(=O)Nc2c(C)n(C)n(-c3ccccc3)c2=O)ccc1Cl. The molecule has 0 saturated carbocycles. The van der Waals surface area contributed by atoms with Crippen LogP contribution in [-0.4, -0.2) is 23.7 Å². The van der Waals surface area contributed by atoms with Crippen LogP contribution in [0.5, 0.6) is 0 Å². The number of hydrogen-bond acceptors (Lipinski definition) is 4. The first-order valence-corrected chi connectivity index (χ1v) is 12.5. The number of carbonyl (C=O) groups excluding carboxylic acids is 1. The van der Waals surface area contributed by atoms with Gasteiger partial charge in [-0.05, 0) is 55.8 Å². The molecule has 180 valence electrons. The molecule has 2 N–H and O–H groups in total. The second-order valence-corrected chi connectivity index (χ2v) is 10.0. The minimum Gasteiger partial charge on any atom is -0.316 e. The highest BCUT2D eigenvalue weighted by Crippen LogP contribution is 2.27. The molecule has 10 heteroatoms. The monoisotopic (exact) mass is 510 g/mol. The van der Waals surface area contributed by atoms with E-state index in [1.165, 1.54) is 22.9 Å². The summed E-state index contributed by atoms with van der Waals surface area (Å²) in [5, 5.41) is 2.59. The maximum absolute atomic E-state index is 13.1. The first kappa shape index (κ1) is 24.3. The average molecular weight is 511 g/mol. The highest BCUT2D eigenvalue weighted by molar-refractivity contribution is 7.92. The van der Waals surface area contributed by atoms with Gasteiger partial charge in [-0.1, -0.05) is 48.0 Å². The van der Waals surface area contributed by atoms with Crippen molar-refractivity contribution in [2.75, 3.05) is 10.0 Å². The van der Waals surface area contributed by atoms with E-state index in [1.54, 1.807) is 62.0 Å². The van der Waals surface area contributed by atoms with E-state index in [9.17, 15) is 18.0 Å². The third kappa shape index (κ3) is 4.73. The van der Waals surface area contributed by atoms with Gasteiger partial charge in [-0.15, -0.1) is 0 Å². The fourth-order valence-corrected chi connectivity index (χ4v) is 5.29. The normalized spacial score (nSPS) is 11.3. The Balaban J connectivity index is 1.67. The molecule has 35 heavy (non-hydrogen) atoms. The number of sulfonamides is 1. The van der Waals surface area contributed by atoms with E-state index in [-0.39, 0.29) is 21.2 Å². The van der Waals surface area contributed by atoms with E-state index >= 15 is 0 Å². The second-order valence-electron chi connectivity index (χ2n) is 7.96. The summed E-state index contributed by atoms with van der Waals surface area (Å²) in [6.45, 7) is 3.48. The van der Waals surface area contributed by atoms with Crippen LogP contribution in [0.3, 0.4) is 0 Å². The first-order chi connectivity index (χ1) is 16.6. The summed E-state index contributed by atoms with van der Waals surface area (Å²) in [6, 6.07) is 19.9. The van der Waals surface area contributed by atoms with E-state index < -0.39 is 21.5 Å². The van der Waals surface area contributed by atoms with E-state index in [0.717, 1.165) is 5.56 Å². The highest BCUT2D eigenvalue weighted by Gasteiger charge is 2.23. The molecular weight excluding hydrogens is 488 g/mol. The molecule has 1 aromatic heterocycles. The van der Waals surface area contributed by atoms with Crippen LogP contribution in [0, 0.1) is 13.8 Å². The summed E-state index contributed by atoms with van der Waals surface area (Å²) in [4.78, 5) is 25.9. The Morgan fingerprint density at radius 2 is 1.60 bits per heavy atom. The molecule has 0 atom stereocenters. The number of aryl methyl sites for hydroxylation is 1. The Bertz CT molecular complexity index is 1590. The van der Waals surface area contributed by atoms with Crippen molar-refractivity contribution in [2.24, 2.45) is 7.05 Å². The van der Waals surface area contributed by atoms with E-state index in [0.29, 0.717) is 17.1 Å². The molecule has 8 nitrogen and oxygen atoms in total. The molecule has 0 fully saturated rings. The van der Waals surface area contributed by atoms with Crippen LogP contribution in [0.25, 0.3) is 5.69 Å². The van der Waals surface area contributed by atoms with E-state index in [4.69, 9.17) is 11.6 Å². The maximum atomic E-state index is 13.1. The van der Waals surface area contributed by atoms with Crippen LogP contribution in [-0.2, 0) is 17.1 Å². The van der Waals surface area contributed by atoms with Crippen molar-refractivity contribution in [3.8, 4) is 5.69 Å². The van der Waals surface area contributed by atoms with Gasteiger partial charge in [0.2, 0.25) is 0 Å². The molecule has 1 amide bonds. The average Bonchev–Trinajstić information content (AvgIpc) is 3.04. The summed E-state index contributed by atoms with van der Waals surface area (Å²) in [5.74, 6) is -0.639. The van der Waals surface area contributed by atoms with Crippen molar-refractivity contribution in [3.63, 3.8) is 0 Å². The highest BCUT2D eigenvalue weighted by atomic mass is 35.5. The molecule has 0 aliphatic carbocycles. The van der Waals surface area contributed by atoms with Gasteiger partial charge >= 0.3 is 0 Å². The van der Waals surface area contributed by atoms with Gasteiger partial charge in [0, 0.05) is 12.6 Å². The Kier molecular flexibility index (Phi) is 6.56. The van der Waals surface area contributed by atoms with Crippen molar-refractivity contribution in [2.45, 2.75) is 18.7 Å². The lowest BCUT2D eigenvalue weighted by atomic mass is 10.2. The van der Waals surface area contributed by atoms with E-state index in [2.05, 4.69) is 10.0 Å². The van der Waals surface area contributed by atoms with Crippen molar-refractivity contribution in [3.05, 3.63) is 105 Å². The minimum atomic E-state index is -4.08. The molecule has 3 aromatic carbocycles. The third-order valence-corrected chi connectivity index (χ3v) is 7.51. The summed E-state index contributed by atoms with van der Waals surface area (Å²) in [7, 11) is -2.37. The zero-order valence-electron chi connectivity index (χ0n) is 19.2. The Morgan fingerprint density at radius 3 is 2.29 bits per heavy atom. The predicted molar refractivity (Wildman–Crippen MR) is 137 cm³/mol. The smallest absolute Gasteiger partial charge is 0.295 e. The standard InChI is InChI=1S/C25H23ClN4O4S/c1-16-9-7-8-12-21(16)28-35(33,34)22-15-18(13-14-20(22)26)24(31)27-23-17(2)29(3)30(25(23)32)19-10-5-4-6-11-19/h4-15,28H,1-3H3,(H,27,31). The second kappa shape index (κ2) is 9.44. The topological polar surface area (TPSA) is 102 Å². The summed E-state index contributed by atoms with van der Waals surface area (Å²) in [6.07, 6.45) is 0. The number of aromatic nitrogens is 2. The molecule has 0 spiro atoms. The van der Waals surface area contributed by atoms with Gasteiger partial charge in [0.05, 0.1) is 22.1 Å². The van der Waals surface area contributed by atoms with Gasteiger partial charge in [-0.25, -0.2) is 13.1 Å². The Morgan fingerprint density at radius 1 is 0.943 bits per heavy atom. The maximum Gasteiger partial charge on any atom is 0.295 e. The largest absolute Gasteiger partial charge is 0.316 e. The molecule has 4 rings (SSSR count). The van der Waals surface area contributed by atoms with Gasteiger partial charge in [0.25, 0.3) is 21.5 Å². The predicted octanol–water partition coefficient (Wildman–Crippen LogP) is 4.50. The summed E-state index contributed by atoms with van der Waals surface area (Å²) >= 11 is 6.19. The summed E-state index contributed by atoms with van der Waals surface area (Å²) < 4.78 is 31.7. The van der Waals surface area contributed by atoms with Crippen molar-refractivity contribution in [1.82, 2.24) is 9.36 Å². The number of benzene rings is 3. The number of nitrogens with zero attached hydrogens (tertiary/aromatic N) is 2. The van der Waals surface area contributed by atoms with Crippen molar-refractivity contribution >= 4 is 38.9 Å². The molecule has 0 bridgehead atoms. The minimum absolute atomic E-state index is 0.0356. The zero-order valence-corrected chi connectivity index (χ0v) is 20.8. The summed E-state index contributed by atoms with van der Waals surface area (Å²) in [5.41, 5.74) is 2.04. The fraction of sp³-hybridized carbons (Fsp3) is 0.120. The van der Waals surface area contributed by atoms with Gasteiger partial charge in [0.15, 0.2) is 0 Å². The number of carbonyl (C=O) groups is 1. The number of amides is 1. The van der Waals surface area contributed by atoms with Gasteiger partial charge in [0.1, 0.15) is 10.6 Å². The number of rotatable bonds is 6. The van der Waals surface area contributed by atoms with Crippen LogP contribution in [0.1, 0.15) is 21.6 Å². The lowest BCUT2D eigenvalue weighted by Gasteiger charge is -2.12. The van der Waals surface area contributed by atoms with Crippen LogP contribution in [0.2, 0.25) is 5.02 Å². The Labute approximate surface area is 207 Å². The fourth-order valence-electron chi connectivity index (χ4n) is 3.64. The van der Waals surface area contributed by atoms with Crippen LogP contribution >= 0.6 is 11.6 Å². The molecule has 0 radical (unpaired) electrons. The molecule has 1 heterocycles. The van der Waals surface area contributed by atoms with Gasteiger partial charge in [-0.2, -0.15) is 0 Å². The number of halogens is 1. The molecule has 0 saturated heterocycles. The molecule has 0 aliphatic rings. The van der Waals surface area contributed by atoms with E-state index in [1.807, 2.05) is 18.2 Å². The number of anilines is 2. The zero-order chi connectivity index (χ0) is 25.3. The quantitative estimate of drug-likeness (QED) is 0.398. The molecule has 0 unspecified atom stereocenters. The van der Waals surface area contributed by atoms with Crippen LogP contribution in [0.4, 0.5) is 11.4 Å². The molecule has 4 aromatic rings. The number of nitrogens with one attached hydrogen (secondary N) is 2. The molecule has 0 aliphatic heterocycles. The third-order valence-electron chi connectivity index (χ3n) is 5.67. The number of hydrogen-bond donors (Lipinski definition) is 2. The number of para-hydroxylation sites is 2. The first-order valence-electron chi connectivity index (χ1n) is 10.6. The van der Waals surface area contributed by atoms with Gasteiger partial charge < -0.3 is 5.32 Å². The van der Waals surface area contributed by atoms with Crippen molar-refractivity contribution in [1.29, 1.82) is 0 Å². The van der Waals surface area contributed by atoms with Crippen LogP contribution < -0.4 is 15.6 Å². The lowest BCUT2D eigenvalue weighted by molar-refractivity contribution is 0.102. The van der Waals surface area contributed by atoms with Gasteiger partial charge in [-0.3, -0.25) is 19.0 Å². The Hall–Kier alpha value is -3.82. The molecular formula is C25H23ClN4O4S. The van der Waals surface area contributed by atoms with Crippen LogP contribution in [0.15, 0.2) is 82.5 Å².